The van der Waals surface area contributed by atoms with Crippen LogP contribution in [0.1, 0.15) is 6.92 Å². The molecule has 66 valence electrons. The van der Waals surface area contributed by atoms with Crippen LogP contribution >= 0.6 is 0 Å². The highest BCUT2D eigenvalue weighted by Crippen LogP contribution is 2.06. The van der Waals surface area contributed by atoms with Crippen molar-refractivity contribution in [3.8, 4) is 0 Å². The van der Waals surface area contributed by atoms with E-state index in [1.807, 2.05) is 6.92 Å². The van der Waals surface area contributed by atoms with E-state index in [9.17, 15) is 8.42 Å². The van der Waals surface area contributed by atoms with Crippen LogP contribution in [0.5, 0.6) is 0 Å². The quantitative estimate of drug-likeness (QED) is 0.574. The van der Waals surface area contributed by atoms with Crippen LogP contribution in [-0.2, 0) is 10.0 Å². The van der Waals surface area contributed by atoms with Crippen molar-refractivity contribution in [2.75, 3.05) is 25.9 Å². The number of sulfonamides is 1. The number of rotatable bonds is 1. The van der Waals surface area contributed by atoms with E-state index in [2.05, 4.69) is 5.32 Å². The van der Waals surface area contributed by atoms with Gasteiger partial charge in [-0.1, -0.05) is 0 Å². The van der Waals surface area contributed by atoms with Gasteiger partial charge in [0.05, 0.1) is 6.26 Å². The third-order valence-corrected chi connectivity index (χ3v) is 3.26. The molecule has 0 aromatic heterocycles. The number of nitrogens with one attached hydrogen (secondary N) is 1. The van der Waals surface area contributed by atoms with Gasteiger partial charge in [0.25, 0.3) is 0 Å². The maximum absolute atomic E-state index is 11.1. The molecule has 1 aliphatic heterocycles. The van der Waals surface area contributed by atoms with Crippen molar-refractivity contribution in [1.29, 1.82) is 0 Å². The Hall–Kier alpha value is -0.130. The van der Waals surface area contributed by atoms with Gasteiger partial charge in [0.2, 0.25) is 10.0 Å². The van der Waals surface area contributed by atoms with E-state index >= 15 is 0 Å². The summed E-state index contributed by atoms with van der Waals surface area (Å²) in [6.07, 6.45) is 1.26. The minimum atomic E-state index is -2.98. The van der Waals surface area contributed by atoms with E-state index in [1.165, 1.54) is 10.6 Å². The molecule has 0 saturated carbocycles. The number of nitrogens with zero attached hydrogens (tertiary/aromatic N) is 1. The Morgan fingerprint density at radius 3 is 2.55 bits per heavy atom. The molecule has 1 rings (SSSR count). The van der Waals surface area contributed by atoms with Crippen molar-refractivity contribution in [2.45, 2.75) is 13.0 Å². The second-order valence-corrected chi connectivity index (χ2v) is 4.86. The van der Waals surface area contributed by atoms with Crippen LogP contribution in [0.4, 0.5) is 0 Å². The molecule has 1 fully saturated rings. The molecule has 0 bridgehead atoms. The Bertz CT molecular complexity index is 225. The van der Waals surface area contributed by atoms with Gasteiger partial charge >= 0.3 is 0 Å². The van der Waals surface area contributed by atoms with E-state index in [0.29, 0.717) is 6.54 Å². The minimum absolute atomic E-state index is 0.0961. The minimum Gasteiger partial charge on any atom is -0.314 e. The van der Waals surface area contributed by atoms with Crippen LogP contribution in [0, 0.1) is 0 Å². The van der Waals surface area contributed by atoms with Crippen molar-refractivity contribution in [1.82, 2.24) is 9.62 Å². The normalized spacial score (nSPS) is 28.7. The molecule has 1 N–H and O–H groups in total. The lowest BCUT2D eigenvalue weighted by Gasteiger charge is -2.31. The smallest absolute Gasteiger partial charge is 0.211 e. The first-order valence-electron chi connectivity index (χ1n) is 3.69. The fourth-order valence-electron chi connectivity index (χ4n) is 1.32. The average Bonchev–Trinajstić information content (AvgIpc) is 1.86. The van der Waals surface area contributed by atoms with Crippen molar-refractivity contribution in [3.63, 3.8) is 0 Å². The molecule has 0 radical (unpaired) electrons. The summed E-state index contributed by atoms with van der Waals surface area (Å²) < 4.78 is 23.7. The molecule has 0 unspecified atom stereocenters. The number of hydrogen-bond acceptors (Lipinski definition) is 3. The molecular weight excluding hydrogens is 164 g/mol. The van der Waals surface area contributed by atoms with Gasteiger partial charge in [-0.25, -0.2) is 8.42 Å². The number of hydrogen-bond donors (Lipinski definition) is 1. The van der Waals surface area contributed by atoms with Crippen molar-refractivity contribution >= 4 is 10.0 Å². The van der Waals surface area contributed by atoms with E-state index < -0.39 is 10.0 Å². The molecule has 1 aliphatic rings. The van der Waals surface area contributed by atoms with Gasteiger partial charge in [-0.2, -0.15) is 4.31 Å². The van der Waals surface area contributed by atoms with Gasteiger partial charge < -0.3 is 5.32 Å². The summed E-state index contributed by atoms with van der Waals surface area (Å²) in [5.74, 6) is 0. The Kier molecular flexibility index (Phi) is 2.51. The molecule has 0 amide bonds. The first-order valence-corrected chi connectivity index (χ1v) is 5.54. The van der Waals surface area contributed by atoms with E-state index in [1.54, 1.807) is 0 Å². The standard InChI is InChI=1S/C6H14N2O2S/c1-6-5-7-3-4-8(6)11(2,9)10/h6-7H,3-5H2,1-2H3/t6-/m1/s1. The monoisotopic (exact) mass is 178 g/mol. The zero-order valence-electron chi connectivity index (χ0n) is 6.87. The Morgan fingerprint density at radius 1 is 1.55 bits per heavy atom. The maximum Gasteiger partial charge on any atom is 0.211 e. The van der Waals surface area contributed by atoms with Crippen molar-refractivity contribution < 1.29 is 8.42 Å². The molecule has 0 aromatic carbocycles. The maximum atomic E-state index is 11.1. The fourth-order valence-corrected chi connectivity index (χ4v) is 2.47. The predicted octanol–water partition coefficient (Wildman–Crippen LogP) is -0.760. The largest absolute Gasteiger partial charge is 0.314 e. The van der Waals surface area contributed by atoms with E-state index in [0.717, 1.165) is 13.1 Å². The van der Waals surface area contributed by atoms with Gasteiger partial charge in [-0.05, 0) is 6.92 Å². The third kappa shape index (κ3) is 2.15. The first-order chi connectivity index (χ1) is 5.02. The number of piperazine rings is 1. The second kappa shape index (κ2) is 3.08. The Morgan fingerprint density at radius 2 is 2.18 bits per heavy atom. The molecule has 0 aliphatic carbocycles. The zero-order valence-corrected chi connectivity index (χ0v) is 7.69. The molecule has 1 atom stereocenters. The Balaban J connectivity index is 2.70. The van der Waals surface area contributed by atoms with Gasteiger partial charge in [-0.15, -0.1) is 0 Å². The lowest BCUT2D eigenvalue weighted by Crippen LogP contribution is -2.51. The highest BCUT2D eigenvalue weighted by Gasteiger charge is 2.25. The van der Waals surface area contributed by atoms with Gasteiger partial charge in [0, 0.05) is 25.7 Å². The summed E-state index contributed by atoms with van der Waals surface area (Å²) in [4.78, 5) is 0. The molecule has 5 heteroatoms. The van der Waals surface area contributed by atoms with Crippen molar-refractivity contribution in [3.05, 3.63) is 0 Å². The summed E-state index contributed by atoms with van der Waals surface area (Å²) in [5.41, 5.74) is 0. The molecule has 1 saturated heterocycles. The highest BCUT2D eigenvalue weighted by atomic mass is 32.2. The first kappa shape index (κ1) is 8.96. The molecule has 0 aromatic rings. The average molecular weight is 178 g/mol. The lowest BCUT2D eigenvalue weighted by molar-refractivity contribution is 0.285. The topological polar surface area (TPSA) is 49.4 Å². The summed E-state index contributed by atoms with van der Waals surface area (Å²) in [6.45, 7) is 4.03. The summed E-state index contributed by atoms with van der Waals surface area (Å²) in [6, 6.07) is 0.0961. The van der Waals surface area contributed by atoms with Gasteiger partial charge in [-0.3, -0.25) is 0 Å². The van der Waals surface area contributed by atoms with Crippen LogP contribution in [0.15, 0.2) is 0 Å². The highest BCUT2D eigenvalue weighted by molar-refractivity contribution is 7.88. The SMILES string of the molecule is C[C@@H]1CNCCN1S(C)(=O)=O. The van der Waals surface area contributed by atoms with Crippen LogP contribution in [0.3, 0.4) is 0 Å². The molecule has 4 nitrogen and oxygen atoms in total. The summed E-state index contributed by atoms with van der Waals surface area (Å²) in [7, 11) is -2.98. The summed E-state index contributed by atoms with van der Waals surface area (Å²) >= 11 is 0. The summed E-state index contributed by atoms with van der Waals surface area (Å²) in [5, 5.41) is 3.13. The molecule has 11 heavy (non-hydrogen) atoms. The van der Waals surface area contributed by atoms with Crippen molar-refractivity contribution in [2.24, 2.45) is 0 Å². The second-order valence-electron chi connectivity index (χ2n) is 2.93. The van der Waals surface area contributed by atoms with Crippen LogP contribution in [0.25, 0.3) is 0 Å². The van der Waals surface area contributed by atoms with Gasteiger partial charge in [0.15, 0.2) is 0 Å². The third-order valence-electron chi connectivity index (χ3n) is 1.87. The van der Waals surface area contributed by atoms with E-state index in [4.69, 9.17) is 0 Å². The molecule has 1 heterocycles. The van der Waals surface area contributed by atoms with Crippen LogP contribution in [-0.4, -0.2) is 44.7 Å². The van der Waals surface area contributed by atoms with Crippen LogP contribution in [0.2, 0.25) is 0 Å². The molecule has 0 spiro atoms. The zero-order chi connectivity index (χ0) is 8.48. The fraction of sp³-hybridized carbons (Fsp3) is 1.00. The Labute approximate surface area is 67.6 Å². The van der Waals surface area contributed by atoms with E-state index in [-0.39, 0.29) is 6.04 Å². The van der Waals surface area contributed by atoms with Crippen LogP contribution < -0.4 is 5.32 Å². The van der Waals surface area contributed by atoms with Gasteiger partial charge in [0.1, 0.15) is 0 Å². The molecular formula is C6H14N2O2S. The predicted molar refractivity (Wildman–Crippen MR) is 43.9 cm³/mol. The lowest BCUT2D eigenvalue weighted by atomic mass is 10.3.